The van der Waals surface area contributed by atoms with Crippen molar-refractivity contribution in [3.8, 4) is 0 Å². The SMILES string of the molecule is C[C@@H](N)C(=O)N1Cc2ccccc2C(c2ccccc2)C1.Cl. The molecule has 2 aromatic carbocycles. The van der Waals surface area contributed by atoms with E-state index in [-0.39, 0.29) is 24.2 Å². The number of amides is 1. The second-order valence-corrected chi connectivity index (χ2v) is 5.67. The maximum Gasteiger partial charge on any atom is 0.239 e. The Hall–Kier alpha value is -1.84. The monoisotopic (exact) mass is 316 g/mol. The summed E-state index contributed by atoms with van der Waals surface area (Å²) in [6.07, 6.45) is 0. The van der Waals surface area contributed by atoms with Gasteiger partial charge in [0, 0.05) is 19.0 Å². The van der Waals surface area contributed by atoms with Crippen molar-refractivity contribution in [2.24, 2.45) is 5.73 Å². The number of nitrogens with two attached hydrogens (primary N) is 1. The van der Waals surface area contributed by atoms with Crippen molar-refractivity contribution in [3.05, 3.63) is 71.3 Å². The lowest BCUT2D eigenvalue weighted by atomic mass is 9.84. The van der Waals surface area contributed by atoms with Crippen molar-refractivity contribution in [3.63, 3.8) is 0 Å². The highest BCUT2D eigenvalue weighted by Gasteiger charge is 2.29. The molecular weight excluding hydrogens is 296 g/mol. The van der Waals surface area contributed by atoms with Crippen molar-refractivity contribution in [1.82, 2.24) is 4.90 Å². The van der Waals surface area contributed by atoms with Crippen molar-refractivity contribution in [2.75, 3.05) is 6.54 Å². The predicted molar refractivity (Wildman–Crippen MR) is 91.0 cm³/mol. The van der Waals surface area contributed by atoms with Gasteiger partial charge in [0.25, 0.3) is 0 Å². The minimum absolute atomic E-state index is 0. The molecule has 0 spiro atoms. The van der Waals surface area contributed by atoms with Gasteiger partial charge in [0.2, 0.25) is 5.91 Å². The molecule has 0 bridgehead atoms. The van der Waals surface area contributed by atoms with Crippen molar-refractivity contribution in [2.45, 2.75) is 25.4 Å². The second kappa shape index (κ2) is 6.95. The first-order chi connectivity index (χ1) is 10.2. The summed E-state index contributed by atoms with van der Waals surface area (Å²) >= 11 is 0. The highest BCUT2D eigenvalue weighted by atomic mass is 35.5. The second-order valence-electron chi connectivity index (χ2n) is 5.67. The van der Waals surface area contributed by atoms with Gasteiger partial charge in [-0.05, 0) is 23.6 Å². The van der Waals surface area contributed by atoms with Gasteiger partial charge in [-0.1, -0.05) is 54.6 Å². The van der Waals surface area contributed by atoms with Crippen LogP contribution in [0.15, 0.2) is 54.6 Å². The minimum atomic E-state index is -0.452. The third-order valence-electron chi connectivity index (χ3n) is 4.10. The van der Waals surface area contributed by atoms with Crippen LogP contribution in [0.3, 0.4) is 0 Å². The topological polar surface area (TPSA) is 46.3 Å². The van der Waals surface area contributed by atoms with E-state index >= 15 is 0 Å². The van der Waals surface area contributed by atoms with Crippen molar-refractivity contribution < 1.29 is 4.79 Å². The first kappa shape index (κ1) is 16.5. The molecule has 0 saturated carbocycles. The Morgan fingerprint density at radius 1 is 1.14 bits per heavy atom. The summed E-state index contributed by atoms with van der Waals surface area (Å²) in [5, 5.41) is 0. The number of benzene rings is 2. The maximum atomic E-state index is 12.3. The number of rotatable bonds is 2. The molecule has 0 aromatic heterocycles. The summed E-state index contributed by atoms with van der Waals surface area (Å²) in [5.41, 5.74) is 9.55. The molecule has 0 fully saturated rings. The van der Waals surface area contributed by atoms with Crippen LogP contribution < -0.4 is 5.73 Å². The predicted octanol–water partition coefficient (Wildman–Crippen LogP) is 2.93. The van der Waals surface area contributed by atoms with Crippen LogP contribution in [0.25, 0.3) is 0 Å². The smallest absolute Gasteiger partial charge is 0.239 e. The lowest BCUT2D eigenvalue weighted by Crippen LogP contribution is -2.45. The van der Waals surface area contributed by atoms with Gasteiger partial charge in [-0.15, -0.1) is 12.4 Å². The third-order valence-corrected chi connectivity index (χ3v) is 4.10. The Balaban J connectivity index is 0.00000176. The zero-order valence-corrected chi connectivity index (χ0v) is 13.4. The summed E-state index contributed by atoms with van der Waals surface area (Å²) in [6.45, 7) is 3.10. The number of halogens is 1. The standard InChI is InChI=1S/C18H20N2O.ClH/c1-13(19)18(21)20-11-15-9-5-6-10-16(15)17(12-20)14-7-3-2-4-8-14;/h2-10,13,17H,11-12,19H2,1H3;1H/t13-,17?;/m1./s1. The molecule has 1 heterocycles. The minimum Gasteiger partial charge on any atom is -0.336 e. The largest absolute Gasteiger partial charge is 0.336 e. The molecule has 0 aliphatic carbocycles. The van der Waals surface area contributed by atoms with Crippen molar-refractivity contribution >= 4 is 18.3 Å². The van der Waals surface area contributed by atoms with E-state index in [1.807, 2.05) is 29.2 Å². The molecule has 3 nitrogen and oxygen atoms in total. The van der Waals surface area contributed by atoms with Gasteiger partial charge in [-0.2, -0.15) is 0 Å². The summed E-state index contributed by atoms with van der Waals surface area (Å²) in [5.74, 6) is 0.240. The summed E-state index contributed by atoms with van der Waals surface area (Å²) in [4.78, 5) is 14.2. The van der Waals surface area contributed by atoms with Gasteiger partial charge in [0.15, 0.2) is 0 Å². The number of hydrogen-bond acceptors (Lipinski definition) is 2. The van der Waals surface area contributed by atoms with E-state index in [1.54, 1.807) is 6.92 Å². The molecule has 1 amide bonds. The first-order valence-electron chi connectivity index (χ1n) is 7.34. The van der Waals surface area contributed by atoms with Crippen LogP contribution in [0.5, 0.6) is 0 Å². The zero-order chi connectivity index (χ0) is 14.8. The average molecular weight is 317 g/mol. The summed E-state index contributed by atoms with van der Waals surface area (Å²) < 4.78 is 0. The van der Waals surface area contributed by atoms with Gasteiger partial charge in [0.1, 0.15) is 0 Å². The Kier molecular flexibility index (Phi) is 5.22. The molecule has 3 rings (SSSR count). The van der Waals surface area contributed by atoms with Gasteiger partial charge < -0.3 is 10.6 Å². The zero-order valence-electron chi connectivity index (χ0n) is 12.6. The van der Waals surface area contributed by atoms with E-state index in [1.165, 1.54) is 16.7 Å². The Bertz CT molecular complexity index is 643. The molecule has 1 aliphatic rings. The third kappa shape index (κ3) is 3.16. The Morgan fingerprint density at radius 2 is 1.77 bits per heavy atom. The average Bonchev–Trinajstić information content (AvgIpc) is 2.53. The van der Waals surface area contributed by atoms with Gasteiger partial charge >= 0.3 is 0 Å². The molecule has 116 valence electrons. The van der Waals surface area contributed by atoms with Gasteiger partial charge in [-0.3, -0.25) is 4.79 Å². The lowest BCUT2D eigenvalue weighted by molar-refractivity contribution is -0.133. The first-order valence-corrected chi connectivity index (χ1v) is 7.34. The highest BCUT2D eigenvalue weighted by molar-refractivity contribution is 5.85. The number of carbonyl (C=O) groups is 1. The van der Waals surface area contributed by atoms with E-state index in [2.05, 4.69) is 30.3 Å². The fourth-order valence-corrected chi connectivity index (χ4v) is 3.03. The molecular formula is C18H21ClN2O. The molecule has 22 heavy (non-hydrogen) atoms. The molecule has 1 unspecified atom stereocenters. The quantitative estimate of drug-likeness (QED) is 0.926. The van der Waals surface area contributed by atoms with E-state index < -0.39 is 6.04 Å². The molecule has 2 aromatic rings. The Labute approximate surface area is 137 Å². The van der Waals surface area contributed by atoms with Crippen LogP contribution in [0, 0.1) is 0 Å². The number of carbonyl (C=O) groups excluding carboxylic acids is 1. The summed E-state index contributed by atoms with van der Waals surface area (Å²) in [6, 6.07) is 18.3. The Morgan fingerprint density at radius 3 is 2.45 bits per heavy atom. The number of fused-ring (bicyclic) bond motifs is 1. The molecule has 4 heteroatoms. The number of hydrogen-bond donors (Lipinski definition) is 1. The number of nitrogens with zero attached hydrogens (tertiary/aromatic N) is 1. The molecule has 1 aliphatic heterocycles. The van der Waals surface area contributed by atoms with Crippen LogP contribution in [0.1, 0.15) is 29.5 Å². The van der Waals surface area contributed by atoms with E-state index in [9.17, 15) is 4.79 Å². The van der Waals surface area contributed by atoms with Crippen LogP contribution >= 0.6 is 12.4 Å². The fourth-order valence-electron chi connectivity index (χ4n) is 3.03. The van der Waals surface area contributed by atoms with E-state index in [0.717, 1.165) is 0 Å². The molecule has 0 saturated heterocycles. The molecule has 0 radical (unpaired) electrons. The van der Waals surface area contributed by atoms with Crippen LogP contribution in [0.4, 0.5) is 0 Å². The van der Waals surface area contributed by atoms with Crippen molar-refractivity contribution in [1.29, 1.82) is 0 Å². The van der Waals surface area contributed by atoms with Crippen LogP contribution in [-0.4, -0.2) is 23.4 Å². The van der Waals surface area contributed by atoms with Gasteiger partial charge in [-0.25, -0.2) is 0 Å². The molecule has 2 atom stereocenters. The fraction of sp³-hybridized carbons (Fsp3) is 0.278. The normalized spacial score (nSPS) is 18.1. The van der Waals surface area contributed by atoms with Gasteiger partial charge in [0.05, 0.1) is 6.04 Å². The summed E-state index contributed by atoms with van der Waals surface area (Å²) in [7, 11) is 0. The maximum absolute atomic E-state index is 12.3. The molecule has 2 N–H and O–H groups in total. The van der Waals surface area contributed by atoms with Crippen LogP contribution in [0.2, 0.25) is 0 Å². The van der Waals surface area contributed by atoms with E-state index in [4.69, 9.17) is 5.73 Å². The lowest BCUT2D eigenvalue weighted by Gasteiger charge is -2.36. The van der Waals surface area contributed by atoms with E-state index in [0.29, 0.717) is 13.1 Å². The highest BCUT2D eigenvalue weighted by Crippen LogP contribution is 2.33. The van der Waals surface area contributed by atoms with Crippen LogP contribution in [-0.2, 0) is 11.3 Å².